The third kappa shape index (κ3) is 6.37. The van der Waals surface area contributed by atoms with E-state index in [0.29, 0.717) is 35.0 Å². The molecule has 7 heteroatoms. The van der Waals surface area contributed by atoms with Crippen LogP contribution in [0.2, 0.25) is 0 Å². The molecule has 1 aliphatic carbocycles. The fraction of sp³-hybridized carbons (Fsp3) is 0.480. The summed E-state index contributed by atoms with van der Waals surface area (Å²) in [7, 11) is 7.71. The third-order valence-corrected chi connectivity index (χ3v) is 4.83. The molecule has 0 aromatic heterocycles. The number of methoxy groups -OCH3 is 5. The molecule has 0 fully saturated rings. The molecule has 3 atom stereocenters. The molecule has 178 valence electrons. The molecular formula is C25H36O7. The van der Waals surface area contributed by atoms with E-state index >= 15 is 0 Å². The summed E-state index contributed by atoms with van der Waals surface area (Å²) < 4.78 is 33.2. The number of benzene rings is 1. The lowest BCUT2D eigenvalue weighted by atomic mass is 9.95. The Labute approximate surface area is 191 Å². The van der Waals surface area contributed by atoms with Crippen LogP contribution in [0.1, 0.15) is 26.3 Å². The largest absolute Gasteiger partial charge is 0.498 e. The van der Waals surface area contributed by atoms with Crippen LogP contribution in [0.3, 0.4) is 0 Å². The third-order valence-electron chi connectivity index (χ3n) is 4.83. The zero-order valence-electron chi connectivity index (χ0n) is 20.4. The highest BCUT2D eigenvalue weighted by molar-refractivity contribution is 6.01. The van der Waals surface area contributed by atoms with E-state index in [1.54, 1.807) is 39.4 Å². The number of Topliss-reactive ketones (excluding diaryl/α,β-unsaturated/α-hetero) is 1. The van der Waals surface area contributed by atoms with Crippen molar-refractivity contribution < 1.29 is 33.2 Å². The van der Waals surface area contributed by atoms with Gasteiger partial charge in [0, 0.05) is 19.8 Å². The van der Waals surface area contributed by atoms with Crippen LogP contribution in [0.25, 0.3) is 0 Å². The molecule has 2 rings (SSSR count). The summed E-state index contributed by atoms with van der Waals surface area (Å²) in [6, 6.07) is 3.67. The first kappa shape index (κ1) is 27.3. The SMILES string of the molecule is C=CCc1cc(OC)c(OC(C)C(=O)C2=CC(OC)C(OC)C(OC)=C2)c(OC)c1.CC. The van der Waals surface area contributed by atoms with Gasteiger partial charge in [-0.3, -0.25) is 4.79 Å². The molecular weight excluding hydrogens is 412 g/mol. The Morgan fingerprint density at radius 3 is 2.06 bits per heavy atom. The van der Waals surface area contributed by atoms with Crippen LogP contribution in [0.4, 0.5) is 0 Å². The molecule has 1 aromatic carbocycles. The van der Waals surface area contributed by atoms with Crippen LogP contribution in [0.15, 0.2) is 48.3 Å². The molecule has 0 saturated carbocycles. The van der Waals surface area contributed by atoms with Crippen LogP contribution < -0.4 is 14.2 Å². The first-order valence-electron chi connectivity index (χ1n) is 10.5. The van der Waals surface area contributed by atoms with Gasteiger partial charge in [0.05, 0.1) is 21.3 Å². The molecule has 0 radical (unpaired) electrons. The van der Waals surface area contributed by atoms with Crippen molar-refractivity contribution in [3.63, 3.8) is 0 Å². The van der Waals surface area contributed by atoms with Crippen molar-refractivity contribution in [2.45, 2.75) is 45.5 Å². The molecule has 3 unspecified atom stereocenters. The van der Waals surface area contributed by atoms with E-state index in [2.05, 4.69) is 6.58 Å². The lowest BCUT2D eigenvalue weighted by molar-refractivity contribution is -0.121. The Morgan fingerprint density at radius 2 is 1.62 bits per heavy atom. The van der Waals surface area contributed by atoms with E-state index in [9.17, 15) is 4.79 Å². The predicted molar refractivity (Wildman–Crippen MR) is 125 cm³/mol. The summed E-state index contributed by atoms with van der Waals surface area (Å²) in [4.78, 5) is 13.1. The highest BCUT2D eigenvalue weighted by atomic mass is 16.6. The normalized spacial score (nSPS) is 18.2. The van der Waals surface area contributed by atoms with Gasteiger partial charge >= 0.3 is 0 Å². The summed E-state index contributed by atoms with van der Waals surface area (Å²) in [5, 5.41) is 0. The van der Waals surface area contributed by atoms with Gasteiger partial charge in [0.2, 0.25) is 11.5 Å². The summed E-state index contributed by atoms with van der Waals surface area (Å²) in [5.74, 6) is 1.59. The highest BCUT2D eigenvalue weighted by Crippen LogP contribution is 2.40. The standard InChI is InChI=1S/C23H30O7.C2H6/c1-8-9-15-10-17(25-3)23(18(11-15)26-4)30-14(2)21(24)16-12-19(27-5)22(29-7)20(13-16)28-6;1-2/h8,10-14,19,22H,1,9H2,2-7H3;1-2H3. The van der Waals surface area contributed by atoms with Gasteiger partial charge in [-0.1, -0.05) is 19.9 Å². The fourth-order valence-electron chi connectivity index (χ4n) is 3.28. The average Bonchev–Trinajstić information content (AvgIpc) is 2.84. The summed E-state index contributed by atoms with van der Waals surface area (Å²) in [5.41, 5.74) is 1.38. The molecule has 0 spiro atoms. The molecule has 0 amide bonds. The minimum atomic E-state index is -0.810. The summed E-state index contributed by atoms with van der Waals surface area (Å²) in [6.07, 6.45) is 4.10. The van der Waals surface area contributed by atoms with E-state index in [0.717, 1.165) is 5.56 Å². The van der Waals surface area contributed by atoms with Gasteiger partial charge in [-0.2, -0.15) is 0 Å². The maximum Gasteiger partial charge on any atom is 0.204 e. The Morgan fingerprint density at radius 1 is 1.03 bits per heavy atom. The molecule has 0 bridgehead atoms. The van der Waals surface area contributed by atoms with Gasteiger partial charge in [0.15, 0.2) is 17.6 Å². The molecule has 0 aliphatic heterocycles. The predicted octanol–water partition coefficient (Wildman–Crippen LogP) is 4.30. The Bertz CT molecular complexity index is 801. The van der Waals surface area contributed by atoms with Crippen molar-refractivity contribution in [1.29, 1.82) is 0 Å². The molecule has 0 heterocycles. The van der Waals surface area contributed by atoms with Crippen molar-refractivity contribution in [1.82, 2.24) is 0 Å². The van der Waals surface area contributed by atoms with Crippen LogP contribution in [0.5, 0.6) is 17.2 Å². The Kier molecular flexibility index (Phi) is 11.6. The van der Waals surface area contributed by atoms with Crippen molar-refractivity contribution in [3.8, 4) is 17.2 Å². The van der Waals surface area contributed by atoms with Crippen molar-refractivity contribution in [2.75, 3.05) is 35.5 Å². The molecule has 7 nitrogen and oxygen atoms in total. The van der Waals surface area contributed by atoms with Crippen LogP contribution >= 0.6 is 0 Å². The first-order chi connectivity index (χ1) is 15.4. The van der Waals surface area contributed by atoms with E-state index in [-0.39, 0.29) is 5.78 Å². The number of hydrogen-bond acceptors (Lipinski definition) is 7. The highest BCUT2D eigenvalue weighted by Gasteiger charge is 2.32. The maximum absolute atomic E-state index is 13.1. The van der Waals surface area contributed by atoms with Crippen LogP contribution in [-0.4, -0.2) is 59.6 Å². The number of rotatable bonds is 11. The van der Waals surface area contributed by atoms with Crippen molar-refractivity contribution in [2.24, 2.45) is 0 Å². The maximum atomic E-state index is 13.1. The van der Waals surface area contributed by atoms with Crippen molar-refractivity contribution in [3.05, 3.63) is 53.8 Å². The quantitative estimate of drug-likeness (QED) is 0.468. The van der Waals surface area contributed by atoms with Gasteiger partial charge in [0.1, 0.15) is 18.0 Å². The Balaban J connectivity index is 0.00000249. The molecule has 1 aliphatic rings. The van der Waals surface area contributed by atoms with Crippen molar-refractivity contribution >= 4 is 5.78 Å². The monoisotopic (exact) mass is 448 g/mol. The summed E-state index contributed by atoms with van der Waals surface area (Å²) in [6.45, 7) is 9.42. The van der Waals surface area contributed by atoms with Crippen LogP contribution in [-0.2, 0) is 25.4 Å². The zero-order valence-corrected chi connectivity index (χ0v) is 20.4. The van der Waals surface area contributed by atoms with Gasteiger partial charge in [-0.05, 0) is 43.2 Å². The second-order valence-corrected chi connectivity index (χ2v) is 6.68. The van der Waals surface area contributed by atoms with E-state index in [1.165, 1.54) is 21.3 Å². The number of ketones is 1. The molecule has 32 heavy (non-hydrogen) atoms. The second kappa shape index (κ2) is 13.6. The van der Waals surface area contributed by atoms with Gasteiger partial charge in [-0.25, -0.2) is 0 Å². The first-order valence-corrected chi connectivity index (χ1v) is 10.5. The van der Waals surface area contributed by atoms with E-state index < -0.39 is 18.3 Å². The van der Waals surface area contributed by atoms with Gasteiger partial charge < -0.3 is 28.4 Å². The lowest BCUT2D eigenvalue weighted by Gasteiger charge is -2.28. The molecule has 1 aromatic rings. The number of carbonyl (C=O) groups is 1. The number of hydrogen-bond donors (Lipinski definition) is 0. The Hall–Kier alpha value is -2.77. The van der Waals surface area contributed by atoms with E-state index in [4.69, 9.17) is 28.4 Å². The number of ether oxygens (including phenoxy) is 6. The zero-order chi connectivity index (χ0) is 24.3. The van der Waals surface area contributed by atoms with Crippen LogP contribution in [0, 0.1) is 0 Å². The van der Waals surface area contributed by atoms with Gasteiger partial charge in [0.25, 0.3) is 0 Å². The molecule has 0 N–H and O–H groups in total. The summed E-state index contributed by atoms with van der Waals surface area (Å²) >= 11 is 0. The second-order valence-electron chi connectivity index (χ2n) is 6.68. The minimum Gasteiger partial charge on any atom is -0.498 e. The topological polar surface area (TPSA) is 72.5 Å². The number of carbonyl (C=O) groups excluding carboxylic acids is 1. The molecule has 0 saturated heterocycles. The lowest BCUT2D eigenvalue weighted by Crippen LogP contribution is -2.36. The fourth-order valence-corrected chi connectivity index (χ4v) is 3.28. The minimum absolute atomic E-state index is 0.236. The number of allylic oxidation sites excluding steroid dienone is 2. The van der Waals surface area contributed by atoms with Gasteiger partial charge in [-0.15, -0.1) is 6.58 Å². The smallest absolute Gasteiger partial charge is 0.204 e. The van der Waals surface area contributed by atoms with E-state index in [1.807, 2.05) is 26.0 Å². The average molecular weight is 449 g/mol.